The van der Waals surface area contributed by atoms with Crippen LogP contribution in [0.3, 0.4) is 0 Å². The molecule has 138 valence electrons. The molecule has 3 heterocycles. The zero-order valence-electron chi connectivity index (χ0n) is 13.7. The van der Waals surface area contributed by atoms with Gasteiger partial charge in [0, 0.05) is 6.54 Å². The molecule has 25 heavy (non-hydrogen) atoms. The first-order valence-electron chi connectivity index (χ1n) is 7.83. The molecule has 5 N–H and O–H groups in total. The molecule has 0 aromatic carbocycles. The van der Waals surface area contributed by atoms with Gasteiger partial charge in [-0.1, -0.05) is 13.8 Å². The lowest BCUT2D eigenvalue weighted by Crippen LogP contribution is -2.42. The second kappa shape index (κ2) is 6.33. The fourth-order valence-electron chi connectivity index (χ4n) is 2.63. The number of imidazole rings is 1. The van der Waals surface area contributed by atoms with Crippen LogP contribution in [0.25, 0.3) is 11.2 Å². The number of nitrogens with zero attached hydrogens (tertiary/aromatic N) is 3. The van der Waals surface area contributed by atoms with Crippen molar-refractivity contribution < 1.29 is 24.4 Å². The predicted molar refractivity (Wildman–Crippen MR) is 84.5 cm³/mol. The normalized spacial score (nSPS) is 29.6. The van der Waals surface area contributed by atoms with E-state index < -0.39 is 36.5 Å². The average Bonchev–Trinajstić information content (AvgIpc) is 3.09. The molecule has 1 aliphatic rings. The summed E-state index contributed by atoms with van der Waals surface area (Å²) < 4.78 is 21.0. The zero-order valence-corrected chi connectivity index (χ0v) is 13.7. The Morgan fingerprint density at radius 2 is 2.24 bits per heavy atom. The van der Waals surface area contributed by atoms with Gasteiger partial charge < -0.3 is 25.4 Å². The van der Waals surface area contributed by atoms with Gasteiger partial charge in [0.2, 0.25) is 5.95 Å². The first-order chi connectivity index (χ1) is 11.8. The van der Waals surface area contributed by atoms with E-state index in [0.29, 0.717) is 6.54 Å². The topological polar surface area (TPSA) is 146 Å². The number of hydrogen-bond donors (Lipinski definition) is 5. The van der Waals surface area contributed by atoms with Crippen LogP contribution in [0, 0.1) is 5.92 Å². The number of ether oxygens (including phenoxy) is 1. The van der Waals surface area contributed by atoms with Gasteiger partial charge in [-0.3, -0.25) is 14.3 Å². The number of anilines is 1. The maximum Gasteiger partial charge on any atom is 0.325 e. The van der Waals surface area contributed by atoms with Gasteiger partial charge in [0.1, 0.15) is 18.5 Å². The number of fused-ring (bicyclic) bond motifs is 1. The van der Waals surface area contributed by atoms with E-state index in [1.165, 1.54) is 0 Å². The molecule has 0 bridgehead atoms. The molecular weight excluding hydrogens is 337 g/mol. The summed E-state index contributed by atoms with van der Waals surface area (Å²) in [5.41, 5.74) is -0.905. The van der Waals surface area contributed by atoms with Crippen LogP contribution in [-0.2, 0) is 10.7 Å². The monoisotopic (exact) mass is 357 g/mol. The maximum atomic E-state index is 15.3. The maximum absolute atomic E-state index is 15.3. The van der Waals surface area contributed by atoms with Gasteiger partial charge in [-0.25, -0.2) is 4.98 Å². The van der Waals surface area contributed by atoms with E-state index in [0.717, 1.165) is 10.9 Å². The Hall–Kier alpha value is -2.08. The van der Waals surface area contributed by atoms with E-state index in [9.17, 15) is 15.0 Å². The van der Waals surface area contributed by atoms with Crippen LogP contribution in [0.1, 0.15) is 13.8 Å². The van der Waals surface area contributed by atoms with Crippen LogP contribution in [0.15, 0.2) is 11.1 Å². The SMILES string of the molecule is CC(C)CNc1nc2c(ncn2[C@]2(F)O[C@H](CO)[C@@H](O)[C@H]2O)c(=O)[nH]1. The highest BCUT2D eigenvalue weighted by Crippen LogP contribution is 2.38. The van der Waals surface area contributed by atoms with Gasteiger partial charge in [-0.15, -0.1) is 0 Å². The number of alkyl halides is 1. The highest BCUT2D eigenvalue weighted by Gasteiger charge is 2.57. The zero-order chi connectivity index (χ0) is 18.4. The number of aromatic nitrogens is 4. The summed E-state index contributed by atoms with van der Waals surface area (Å²) in [6.07, 6.45) is -4.00. The standard InChI is InChI=1S/C14H20FN5O5/c1-6(2)3-16-13-18-11-8(12(24)19-13)17-5-20(11)14(15)10(23)9(22)7(4-21)25-14/h5-7,9-10,21-23H,3-4H2,1-2H3,(H2,16,18,19,24)/t7-,9-,10-,14+/m1/s1. The fourth-order valence-corrected chi connectivity index (χ4v) is 2.63. The number of aliphatic hydroxyl groups excluding tert-OH is 3. The third-order valence-corrected chi connectivity index (χ3v) is 3.98. The molecule has 0 spiro atoms. The molecule has 0 saturated carbocycles. The number of rotatable bonds is 5. The number of nitrogens with one attached hydrogen (secondary N) is 2. The van der Waals surface area contributed by atoms with Gasteiger partial charge in [-0.2, -0.15) is 9.37 Å². The van der Waals surface area contributed by atoms with Gasteiger partial charge in [-0.05, 0) is 5.92 Å². The third kappa shape index (κ3) is 2.88. The minimum atomic E-state index is -2.92. The van der Waals surface area contributed by atoms with Crippen molar-refractivity contribution in [2.45, 2.75) is 38.1 Å². The number of aliphatic hydroxyl groups is 3. The molecule has 1 saturated heterocycles. The first-order valence-corrected chi connectivity index (χ1v) is 7.83. The molecule has 1 aliphatic heterocycles. The highest BCUT2D eigenvalue weighted by atomic mass is 19.2. The van der Waals surface area contributed by atoms with Gasteiger partial charge >= 0.3 is 5.98 Å². The van der Waals surface area contributed by atoms with Crippen molar-refractivity contribution in [2.24, 2.45) is 5.92 Å². The highest BCUT2D eigenvalue weighted by molar-refractivity contribution is 5.71. The van der Waals surface area contributed by atoms with Crippen LogP contribution in [0.5, 0.6) is 0 Å². The summed E-state index contributed by atoms with van der Waals surface area (Å²) in [7, 11) is 0. The number of aromatic amines is 1. The molecule has 4 atom stereocenters. The fraction of sp³-hybridized carbons (Fsp3) is 0.643. The molecule has 11 heteroatoms. The Morgan fingerprint density at radius 1 is 1.52 bits per heavy atom. The molecule has 1 fully saturated rings. The lowest BCUT2D eigenvalue weighted by Gasteiger charge is -2.24. The Bertz CT molecular complexity index is 824. The first kappa shape index (κ1) is 17.7. The van der Waals surface area contributed by atoms with Crippen LogP contribution in [0.4, 0.5) is 10.3 Å². The van der Waals surface area contributed by atoms with Crippen molar-refractivity contribution in [3.8, 4) is 0 Å². The average molecular weight is 357 g/mol. The smallest absolute Gasteiger partial charge is 0.325 e. The van der Waals surface area contributed by atoms with Gasteiger partial charge in [0.25, 0.3) is 5.56 Å². The molecule has 0 aliphatic carbocycles. The van der Waals surface area contributed by atoms with E-state index in [1.54, 1.807) is 0 Å². The molecule has 0 unspecified atom stereocenters. The number of halogens is 1. The van der Waals surface area contributed by atoms with Crippen molar-refractivity contribution >= 4 is 17.1 Å². The molecule has 3 rings (SSSR count). The third-order valence-electron chi connectivity index (χ3n) is 3.98. The van der Waals surface area contributed by atoms with Gasteiger partial charge in [0.15, 0.2) is 17.3 Å². The van der Waals surface area contributed by atoms with E-state index >= 15 is 4.39 Å². The van der Waals surface area contributed by atoms with Crippen molar-refractivity contribution in [3.05, 3.63) is 16.7 Å². The largest absolute Gasteiger partial charge is 0.394 e. The van der Waals surface area contributed by atoms with E-state index in [2.05, 4.69) is 20.3 Å². The lowest BCUT2D eigenvalue weighted by atomic mass is 10.1. The lowest BCUT2D eigenvalue weighted by molar-refractivity contribution is -0.235. The second-order valence-electron chi connectivity index (χ2n) is 6.36. The van der Waals surface area contributed by atoms with Crippen molar-refractivity contribution in [1.82, 2.24) is 19.5 Å². The Balaban J connectivity index is 2.06. The van der Waals surface area contributed by atoms with E-state index in [-0.39, 0.29) is 23.0 Å². The molecule has 2 aromatic rings. The summed E-state index contributed by atoms with van der Waals surface area (Å²) >= 11 is 0. The Morgan fingerprint density at radius 3 is 2.84 bits per heavy atom. The van der Waals surface area contributed by atoms with Crippen molar-refractivity contribution in [1.29, 1.82) is 0 Å². The Kier molecular flexibility index (Phi) is 4.49. The summed E-state index contributed by atoms with van der Waals surface area (Å²) in [5, 5.41) is 31.9. The van der Waals surface area contributed by atoms with Crippen LogP contribution < -0.4 is 10.9 Å². The van der Waals surface area contributed by atoms with Crippen molar-refractivity contribution in [2.75, 3.05) is 18.5 Å². The van der Waals surface area contributed by atoms with E-state index in [4.69, 9.17) is 9.84 Å². The summed E-state index contributed by atoms with van der Waals surface area (Å²) in [4.78, 5) is 22.5. The number of H-pyrrole nitrogens is 1. The molecule has 2 aromatic heterocycles. The molecule has 0 amide bonds. The molecular formula is C14H20FN5O5. The van der Waals surface area contributed by atoms with Crippen molar-refractivity contribution in [3.63, 3.8) is 0 Å². The predicted octanol–water partition coefficient (Wildman–Crippen LogP) is -1.12. The van der Waals surface area contributed by atoms with E-state index in [1.807, 2.05) is 13.8 Å². The van der Waals surface area contributed by atoms with Crippen LogP contribution in [-0.4, -0.2) is 66.3 Å². The van der Waals surface area contributed by atoms with Crippen LogP contribution >= 0.6 is 0 Å². The minimum Gasteiger partial charge on any atom is -0.394 e. The van der Waals surface area contributed by atoms with Gasteiger partial charge in [0.05, 0.1) is 6.61 Å². The second-order valence-corrected chi connectivity index (χ2v) is 6.36. The summed E-state index contributed by atoms with van der Waals surface area (Å²) in [6, 6.07) is 0. The quantitative estimate of drug-likeness (QED) is 0.452. The molecule has 0 radical (unpaired) electrons. The Labute approximate surface area is 141 Å². The summed E-state index contributed by atoms with van der Waals surface area (Å²) in [6.45, 7) is 3.76. The minimum absolute atomic E-state index is 0.114. The summed E-state index contributed by atoms with van der Waals surface area (Å²) in [5.74, 6) is -2.53. The number of hydrogen-bond acceptors (Lipinski definition) is 8. The van der Waals surface area contributed by atoms with Crippen LogP contribution in [0.2, 0.25) is 0 Å². The molecule has 10 nitrogen and oxygen atoms in total.